The van der Waals surface area contributed by atoms with Crippen LogP contribution in [0.4, 0.5) is 0 Å². The zero-order valence-corrected chi connectivity index (χ0v) is 11.9. The average Bonchev–Trinajstić information content (AvgIpc) is 2.56. The van der Waals surface area contributed by atoms with Gasteiger partial charge in [-0.2, -0.15) is 0 Å². The summed E-state index contributed by atoms with van der Waals surface area (Å²) >= 11 is 0. The molecule has 0 saturated heterocycles. The topological polar surface area (TPSA) is 74.2 Å². The van der Waals surface area contributed by atoms with Gasteiger partial charge in [-0.1, -0.05) is 30.3 Å². The minimum atomic E-state index is -0.262. The second-order valence-corrected chi connectivity index (χ2v) is 4.69. The number of nitrogens with zero attached hydrogens (tertiary/aromatic N) is 1. The molecular formula is C16H19N3O2. The van der Waals surface area contributed by atoms with Crippen molar-refractivity contribution in [2.24, 2.45) is 0 Å². The number of nitrogens with one attached hydrogen (secondary N) is 2. The highest BCUT2D eigenvalue weighted by Gasteiger charge is 2.13. The normalized spacial score (nSPS) is 11.9. The molecule has 1 amide bonds. The molecule has 0 fully saturated rings. The first-order valence-electron chi connectivity index (χ1n) is 6.79. The largest absolute Gasteiger partial charge is 0.394 e. The molecular weight excluding hydrogens is 266 g/mol. The van der Waals surface area contributed by atoms with Crippen molar-refractivity contribution >= 4 is 5.91 Å². The van der Waals surface area contributed by atoms with Crippen molar-refractivity contribution in [3.63, 3.8) is 0 Å². The lowest BCUT2D eigenvalue weighted by Crippen LogP contribution is -2.25. The van der Waals surface area contributed by atoms with Crippen molar-refractivity contribution < 1.29 is 9.90 Å². The number of rotatable bonds is 6. The van der Waals surface area contributed by atoms with Gasteiger partial charge in [0.25, 0.3) is 5.91 Å². The summed E-state index contributed by atoms with van der Waals surface area (Å²) in [6.45, 7) is 0.571. The predicted molar refractivity (Wildman–Crippen MR) is 80.7 cm³/mol. The van der Waals surface area contributed by atoms with Crippen LogP contribution in [0.15, 0.2) is 48.8 Å². The summed E-state index contributed by atoms with van der Waals surface area (Å²) in [6.07, 6.45) is 3.17. The molecule has 1 unspecified atom stereocenters. The number of aliphatic hydroxyl groups excluding tert-OH is 1. The summed E-state index contributed by atoms with van der Waals surface area (Å²) in [4.78, 5) is 15.7. The first-order chi connectivity index (χ1) is 10.2. The second kappa shape index (κ2) is 7.52. The summed E-state index contributed by atoms with van der Waals surface area (Å²) in [5.41, 5.74) is 2.40. The highest BCUT2D eigenvalue weighted by atomic mass is 16.3. The van der Waals surface area contributed by atoms with E-state index in [1.807, 2.05) is 30.3 Å². The van der Waals surface area contributed by atoms with Crippen molar-refractivity contribution in [2.45, 2.75) is 12.6 Å². The smallest absolute Gasteiger partial charge is 0.252 e. The van der Waals surface area contributed by atoms with Crippen LogP contribution in [0.1, 0.15) is 27.5 Å². The van der Waals surface area contributed by atoms with Crippen LogP contribution < -0.4 is 10.6 Å². The summed E-state index contributed by atoms with van der Waals surface area (Å²) in [5, 5.41) is 15.4. The lowest BCUT2D eigenvalue weighted by atomic mass is 10.1. The van der Waals surface area contributed by atoms with E-state index in [-0.39, 0.29) is 18.6 Å². The van der Waals surface area contributed by atoms with Gasteiger partial charge in [0.2, 0.25) is 0 Å². The molecule has 2 rings (SSSR count). The fourth-order valence-corrected chi connectivity index (χ4v) is 2.04. The number of hydrogen-bond donors (Lipinski definition) is 3. The Kier molecular flexibility index (Phi) is 5.43. The Balaban J connectivity index is 2.08. The Morgan fingerprint density at radius 3 is 2.71 bits per heavy atom. The molecule has 5 nitrogen and oxygen atoms in total. The van der Waals surface area contributed by atoms with Crippen LogP contribution in [-0.2, 0) is 6.54 Å². The van der Waals surface area contributed by atoms with Gasteiger partial charge >= 0.3 is 0 Å². The van der Waals surface area contributed by atoms with E-state index in [1.165, 1.54) is 6.20 Å². The number of carbonyl (C=O) groups is 1. The molecule has 5 heteroatoms. The maximum absolute atomic E-state index is 11.6. The molecule has 110 valence electrons. The third kappa shape index (κ3) is 4.11. The predicted octanol–water partition coefficient (Wildman–Crippen LogP) is 1.26. The van der Waals surface area contributed by atoms with Crippen molar-refractivity contribution in [2.75, 3.05) is 13.7 Å². The molecule has 2 aromatic rings. The summed E-state index contributed by atoms with van der Waals surface area (Å²) in [6, 6.07) is 11.4. The van der Waals surface area contributed by atoms with Gasteiger partial charge in [0.05, 0.1) is 18.2 Å². The van der Waals surface area contributed by atoms with Gasteiger partial charge in [-0.15, -0.1) is 0 Å². The maximum Gasteiger partial charge on any atom is 0.252 e. The molecule has 0 spiro atoms. The molecule has 21 heavy (non-hydrogen) atoms. The van der Waals surface area contributed by atoms with E-state index in [4.69, 9.17) is 0 Å². The Morgan fingerprint density at radius 2 is 2.05 bits per heavy atom. The number of carbonyl (C=O) groups excluding carboxylic acids is 1. The van der Waals surface area contributed by atoms with E-state index in [0.717, 1.165) is 11.1 Å². The fourth-order valence-electron chi connectivity index (χ4n) is 2.04. The Hall–Kier alpha value is -2.24. The standard InChI is InChI=1S/C16H19N3O2/c1-17-16(21)14-7-13(9-18-10-14)15(11-20)19-8-12-5-3-2-4-6-12/h2-7,9-10,15,19-20H,8,11H2,1H3,(H,17,21). The minimum Gasteiger partial charge on any atom is -0.394 e. The zero-order valence-electron chi connectivity index (χ0n) is 11.9. The highest BCUT2D eigenvalue weighted by Crippen LogP contribution is 2.14. The van der Waals surface area contributed by atoms with E-state index in [1.54, 1.807) is 19.3 Å². The molecule has 0 radical (unpaired) electrons. The van der Waals surface area contributed by atoms with E-state index in [2.05, 4.69) is 15.6 Å². The molecule has 0 aliphatic rings. The Labute approximate surface area is 124 Å². The fraction of sp³-hybridized carbons (Fsp3) is 0.250. The van der Waals surface area contributed by atoms with E-state index < -0.39 is 0 Å². The molecule has 0 aliphatic carbocycles. The average molecular weight is 285 g/mol. The van der Waals surface area contributed by atoms with Crippen LogP contribution in [0.5, 0.6) is 0 Å². The van der Waals surface area contributed by atoms with Crippen LogP contribution in [0, 0.1) is 0 Å². The third-order valence-electron chi connectivity index (χ3n) is 3.23. The van der Waals surface area contributed by atoms with Crippen molar-refractivity contribution in [3.05, 3.63) is 65.5 Å². The van der Waals surface area contributed by atoms with Crippen LogP contribution in [-0.4, -0.2) is 29.7 Å². The molecule has 0 bridgehead atoms. The number of hydrogen-bond acceptors (Lipinski definition) is 4. The van der Waals surface area contributed by atoms with Gasteiger partial charge in [0.15, 0.2) is 0 Å². The first kappa shape index (κ1) is 15.2. The number of aliphatic hydroxyl groups is 1. The molecule has 1 heterocycles. The van der Waals surface area contributed by atoms with Gasteiger partial charge in [-0.05, 0) is 17.2 Å². The number of amides is 1. The lowest BCUT2D eigenvalue weighted by Gasteiger charge is -2.17. The van der Waals surface area contributed by atoms with Crippen molar-refractivity contribution in [3.8, 4) is 0 Å². The SMILES string of the molecule is CNC(=O)c1cncc(C(CO)NCc2ccccc2)c1. The van der Waals surface area contributed by atoms with Crippen LogP contribution in [0.25, 0.3) is 0 Å². The third-order valence-corrected chi connectivity index (χ3v) is 3.23. The molecule has 3 N–H and O–H groups in total. The van der Waals surface area contributed by atoms with Gasteiger partial charge in [-0.3, -0.25) is 9.78 Å². The van der Waals surface area contributed by atoms with Gasteiger partial charge < -0.3 is 15.7 Å². The molecule has 1 atom stereocenters. The summed E-state index contributed by atoms with van der Waals surface area (Å²) < 4.78 is 0. The van der Waals surface area contributed by atoms with Crippen LogP contribution in [0.2, 0.25) is 0 Å². The number of benzene rings is 1. The monoisotopic (exact) mass is 285 g/mol. The van der Waals surface area contributed by atoms with E-state index in [0.29, 0.717) is 12.1 Å². The lowest BCUT2D eigenvalue weighted by molar-refractivity contribution is 0.0962. The van der Waals surface area contributed by atoms with E-state index in [9.17, 15) is 9.90 Å². The zero-order chi connectivity index (χ0) is 15.1. The highest BCUT2D eigenvalue weighted by molar-refractivity contribution is 5.93. The van der Waals surface area contributed by atoms with E-state index >= 15 is 0 Å². The summed E-state index contributed by atoms with van der Waals surface area (Å²) in [5.74, 6) is -0.191. The molecule has 0 saturated carbocycles. The summed E-state index contributed by atoms with van der Waals surface area (Å²) in [7, 11) is 1.58. The van der Waals surface area contributed by atoms with Gasteiger partial charge in [-0.25, -0.2) is 0 Å². The van der Waals surface area contributed by atoms with Crippen LogP contribution in [0.3, 0.4) is 0 Å². The first-order valence-corrected chi connectivity index (χ1v) is 6.79. The Morgan fingerprint density at radius 1 is 1.29 bits per heavy atom. The van der Waals surface area contributed by atoms with Crippen molar-refractivity contribution in [1.82, 2.24) is 15.6 Å². The molecule has 0 aliphatic heterocycles. The van der Waals surface area contributed by atoms with Gasteiger partial charge in [0.1, 0.15) is 0 Å². The molecule has 1 aromatic carbocycles. The van der Waals surface area contributed by atoms with Gasteiger partial charge in [0, 0.05) is 26.0 Å². The second-order valence-electron chi connectivity index (χ2n) is 4.69. The number of pyridine rings is 1. The Bertz CT molecular complexity index is 587. The number of aromatic nitrogens is 1. The maximum atomic E-state index is 11.6. The molecule has 1 aromatic heterocycles. The van der Waals surface area contributed by atoms with Crippen molar-refractivity contribution in [1.29, 1.82) is 0 Å². The van der Waals surface area contributed by atoms with Crippen LogP contribution >= 0.6 is 0 Å². The minimum absolute atomic E-state index is 0.0638. The quantitative estimate of drug-likeness (QED) is 0.747.